The van der Waals surface area contributed by atoms with Crippen LogP contribution in [-0.4, -0.2) is 43.4 Å². The van der Waals surface area contributed by atoms with Gasteiger partial charge in [0.1, 0.15) is 5.75 Å². The first-order valence-electron chi connectivity index (χ1n) is 10.3. The number of aliphatic hydroxyl groups is 1. The Balaban J connectivity index is 1.54. The summed E-state index contributed by atoms with van der Waals surface area (Å²) in [7, 11) is 5.01. The minimum Gasteiger partial charge on any atom is -0.497 e. The standard InChI is InChI=1S/C24H31NO4/c1-16-11-22(28-3)23(29-4)12-17(16)15-25-19-7-8-20(25)14-24(26,13-19)18-5-9-21(27-2)10-6-18/h5-6,9-12,19-20,26H,7-8,13-15H2,1-4H3/t19-,20+,24?. The first kappa shape index (κ1) is 20.0. The average molecular weight is 398 g/mol. The number of hydrogen-bond donors (Lipinski definition) is 1. The van der Waals surface area contributed by atoms with E-state index in [-0.39, 0.29) is 0 Å². The fourth-order valence-electron chi connectivity index (χ4n) is 5.10. The molecule has 2 aromatic carbocycles. The highest BCUT2D eigenvalue weighted by Crippen LogP contribution is 2.47. The van der Waals surface area contributed by atoms with Crippen LogP contribution < -0.4 is 14.2 Å². The van der Waals surface area contributed by atoms with Crippen molar-refractivity contribution >= 4 is 0 Å². The van der Waals surface area contributed by atoms with Crippen LogP contribution in [0, 0.1) is 6.92 Å². The van der Waals surface area contributed by atoms with Gasteiger partial charge in [-0.15, -0.1) is 0 Å². The summed E-state index contributed by atoms with van der Waals surface area (Å²) in [6.45, 7) is 3.00. The van der Waals surface area contributed by atoms with Gasteiger partial charge in [-0.2, -0.15) is 0 Å². The van der Waals surface area contributed by atoms with Crippen LogP contribution in [0.5, 0.6) is 17.2 Å². The largest absolute Gasteiger partial charge is 0.497 e. The van der Waals surface area contributed by atoms with Crippen molar-refractivity contribution in [1.29, 1.82) is 0 Å². The Morgan fingerprint density at radius 1 is 0.931 bits per heavy atom. The summed E-state index contributed by atoms with van der Waals surface area (Å²) in [6, 6.07) is 12.8. The van der Waals surface area contributed by atoms with Crippen molar-refractivity contribution in [2.45, 2.75) is 56.8 Å². The van der Waals surface area contributed by atoms with Crippen LogP contribution in [0.15, 0.2) is 36.4 Å². The summed E-state index contributed by atoms with van der Waals surface area (Å²) in [6.07, 6.45) is 3.80. The smallest absolute Gasteiger partial charge is 0.161 e. The molecule has 1 unspecified atom stereocenters. The number of ether oxygens (including phenoxy) is 3. The van der Waals surface area contributed by atoms with Crippen LogP contribution in [0.1, 0.15) is 42.4 Å². The van der Waals surface area contributed by atoms with Gasteiger partial charge >= 0.3 is 0 Å². The fraction of sp³-hybridized carbons (Fsp3) is 0.500. The summed E-state index contributed by atoms with van der Waals surface area (Å²) in [5, 5.41) is 11.5. The lowest BCUT2D eigenvalue weighted by Crippen LogP contribution is -2.49. The Bertz CT molecular complexity index is 850. The summed E-state index contributed by atoms with van der Waals surface area (Å²) < 4.78 is 16.2. The second kappa shape index (κ2) is 7.88. The number of benzene rings is 2. The predicted octanol–water partition coefficient (Wildman–Crippen LogP) is 4.04. The third-order valence-corrected chi connectivity index (χ3v) is 6.74. The molecule has 0 aliphatic carbocycles. The molecule has 0 aromatic heterocycles. The first-order valence-corrected chi connectivity index (χ1v) is 10.3. The quantitative estimate of drug-likeness (QED) is 0.797. The Labute approximate surface area is 173 Å². The molecule has 156 valence electrons. The normalized spacial score (nSPS) is 26.4. The van der Waals surface area contributed by atoms with E-state index in [1.54, 1.807) is 21.3 Å². The molecule has 0 saturated carbocycles. The third-order valence-electron chi connectivity index (χ3n) is 6.74. The summed E-state index contributed by atoms with van der Waals surface area (Å²) >= 11 is 0. The van der Waals surface area contributed by atoms with E-state index >= 15 is 0 Å². The molecule has 5 heteroatoms. The number of hydrogen-bond acceptors (Lipinski definition) is 5. The van der Waals surface area contributed by atoms with Gasteiger partial charge in [-0.1, -0.05) is 12.1 Å². The molecule has 2 saturated heterocycles. The topological polar surface area (TPSA) is 51.2 Å². The summed E-state index contributed by atoms with van der Waals surface area (Å²) in [4.78, 5) is 2.58. The Kier molecular flexibility index (Phi) is 5.45. The maximum Gasteiger partial charge on any atom is 0.161 e. The number of methoxy groups -OCH3 is 3. The zero-order valence-electron chi connectivity index (χ0n) is 17.8. The summed E-state index contributed by atoms with van der Waals surface area (Å²) in [5.74, 6) is 2.36. The van der Waals surface area contributed by atoms with E-state index in [4.69, 9.17) is 14.2 Å². The van der Waals surface area contributed by atoms with E-state index < -0.39 is 5.60 Å². The molecule has 0 spiro atoms. The molecule has 2 aromatic rings. The molecule has 5 nitrogen and oxygen atoms in total. The maximum absolute atomic E-state index is 11.5. The summed E-state index contributed by atoms with van der Waals surface area (Å²) in [5.41, 5.74) is 2.70. The Morgan fingerprint density at radius 3 is 2.07 bits per heavy atom. The van der Waals surface area contributed by atoms with Gasteiger partial charge in [0, 0.05) is 18.6 Å². The highest BCUT2D eigenvalue weighted by atomic mass is 16.5. The van der Waals surface area contributed by atoms with Gasteiger partial charge in [0.2, 0.25) is 0 Å². The monoisotopic (exact) mass is 397 g/mol. The lowest BCUT2D eigenvalue weighted by Gasteiger charge is -2.44. The number of rotatable bonds is 6. The van der Waals surface area contributed by atoms with Crippen molar-refractivity contribution in [3.63, 3.8) is 0 Å². The Hall–Kier alpha value is -2.24. The molecule has 2 heterocycles. The van der Waals surface area contributed by atoms with Crippen molar-refractivity contribution in [1.82, 2.24) is 4.90 Å². The molecule has 2 aliphatic rings. The second-order valence-corrected chi connectivity index (χ2v) is 8.36. The van der Waals surface area contributed by atoms with Crippen molar-refractivity contribution in [2.24, 2.45) is 0 Å². The molecule has 1 N–H and O–H groups in total. The SMILES string of the molecule is COc1ccc(C2(O)C[C@H]3CC[C@@H](C2)N3Cc2cc(OC)c(OC)cc2C)cc1. The second-order valence-electron chi connectivity index (χ2n) is 8.36. The number of fused-ring (bicyclic) bond motifs is 2. The number of aryl methyl sites for hydroxylation is 1. The Morgan fingerprint density at radius 2 is 1.52 bits per heavy atom. The van der Waals surface area contributed by atoms with E-state index in [0.717, 1.165) is 55.0 Å². The van der Waals surface area contributed by atoms with Crippen LogP contribution in [0.4, 0.5) is 0 Å². The molecular formula is C24H31NO4. The molecule has 2 fully saturated rings. The van der Waals surface area contributed by atoms with E-state index in [1.807, 2.05) is 30.3 Å². The van der Waals surface area contributed by atoms with E-state index in [9.17, 15) is 5.11 Å². The molecule has 2 bridgehead atoms. The van der Waals surface area contributed by atoms with E-state index in [0.29, 0.717) is 12.1 Å². The van der Waals surface area contributed by atoms with Gasteiger partial charge in [-0.3, -0.25) is 4.90 Å². The van der Waals surface area contributed by atoms with Crippen molar-refractivity contribution in [3.8, 4) is 17.2 Å². The molecule has 0 radical (unpaired) electrons. The van der Waals surface area contributed by atoms with Gasteiger partial charge in [-0.05, 0) is 73.6 Å². The van der Waals surface area contributed by atoms with Crippen molar-refractivity contribution in [2.75, 3.05) is 21.3 Å². The molecule has 3 atom stereocenters. The van der Waals surface area contributed by atoms with Crippen LogP contribution in [0.2, 0.25) is 0 Å². The van der Waals surface area contributed by atoms with Gasteiger partial charge in [0.15, 0.2) is 11.5 Å². The van der Waals surface area contributed by atoms with Crippen molar-refractivity contribution in [3.05, 3.63) is 53.1 Å². The number of piperidine rings is 1. The van der Waals surface area contributed by atoms with Gasteiger partial charge in [0.25, 0.3) is 0 Å². The first-order chi connectivity index (χ1) is 14.0. The van der Waals surface area contributed by atoms with E-state index in [2.05, 4.69) is 17.9 Å². The van der Waals surface area contributed by atoms with Gasteiger partial charge < -0.3 is 19.3 Å². The van der Waals surface area contributed by atoms with E-state index in [1.165, 1.54) is 11.1 Å². The molecule has 2 aliphatic heterocycles. The van der Waals surface area contributed by atoms with Crippen LogP contribution in [0.3, 0.4) is 0 Å². The average Bonchev–Trinajstić information content (AvgIpc) is 2.98. The number of nitrogens with zero attached hydrogens (tertiary/aromatic N) is 1. The zero-order chi connectivity index (χ0) is 20.6. The van der Waals surface area contributed by atoms with Gasteiger partial charge in [0.05, 0.1) is 26.9 Å². The maximum atomic E-state index is 11.5. The van der Waals surface area contributed by atoms with Gasteiger partial charge in [-0.25, -0.2) is 0 Å². The highest BCUT2D eigenvalue weighted by Gasteiger charge is 2.48. The molecule has 29 heavy (non-hydrogen) atoms. The van der Waals surface area contributed by atoms with Crippen LogP contribution in [-0.2, 0) is 12.1 Å². The van der Waals surface area contributed by atoms with Crippen LogP contribution in [0.25, 0.3) is 0 Å². The predicted molar refractivity (Wildman–Crippen MR) is 113 cm³/mol. The lowest BCUT2D eigenvalue weighted by atomic mass is 9.80. The minimum absolute atomic E-state index is 0.383. The lowest BCUT2D eigenvalue weighted by molar-refractivity contribution is -0.0595. The van der Waals surface area contributed by atoms with Crippen LogP contribution >= 0.6 is 0 Å². The molecular weight excluding hydrogens is 366 g/mol. The molecule has 4 rings (SSSR count). The molecule has 0 amide bonds. The minimum atomic E-state index is -0.763. The fourth-order valence-corrected chi connectivity index (χ4v) is 5.10. The zero-order valence-corrected chi connectivity index (χ0v) is 17.8. The highest BCUT2D eigenvalue weighted by molar-refractivity contribution is 5.47. The van der Waals surface area contributed by atoms with Crippen molar-refractivity contribution < 1.29 is 19.3 Å². The third kappa shape index (κ3) is 3.69.